The molecule has 0 fully saturated rings. The highest BCUT2D eigenvalue weighted by molar-refractivity contribution is 9.10. The second-order valence-corrected chi connectivity index (χ2v) is 3.42. The predicted octanol–water partition coefficient (Wildman–Crippen LogP) is 2.72. The van der Waals surface area contributed by atoms with Gasteiger partial charge in [-0.05, 0) is 22.0 Å². The monoisotopic (exact) mass is 271 g/mol. The van der Waals surface area contributed by atoms with E-state index in [4.69, 9.17) is 10.5 Å². The van der Waals surface area contributed by atoms with E-state index in [1.54, 1.807) is 12.1 Å². The first-order chi connectivity index (χ1) is 7.10. The Morgan fingerprint density at radius 2 is 2.13 bits per heavy atom. The molecule has 0 saturated heterocycles. The first kappa shape index (κ1) is 11.5. The molecule has 0 spiro atoms. The Labute approximate surface area is 93.1 Å². The van der Waals surface area contributed by atoms with Crippen LogP contribution in [0.3, 0.4) is 0 Å². The largest absolute Gasteiger partial charge is 0.265 e. The second kappa shape index (κ2) is 4.81. The van der Waals surface area contributed by atoms with Gasteiger partial charge in [-0.3, -0.25) is 0 Å². The Kier molecular flexibility index (Phi) is 3.70. The summed E-state index contributed by atoms with van der Waals surface area (Å²) in [6.45, 7) is 0. The fourth-order valence-corrected chi connectivity index (χ4v) is 1.55. The summed E-state index contributed by atoms with van der Waals surface area (Å²) in [6, 6.07) is 4.50. The zero-order valence-electron chi connectivity index (χ0n) is 7.34. The minimum absolute atomic E-state index is 0.0738. The summed E-state index contributed by atoms with van der Waals surface area (Å²) in [5.41, 5.74) is -0.538. The highest BCUT2D eigenvalue weighted by Crippen LogP contribution is 2.27. The molecule has 0 aliphatic carbocycles. The number of halogens is 3. The van der Waals surface area contributed by atoms with Crippen LogP contribution >= 0.6 is 15.9 Å². The first-order valence-electron chi connectivity index (χ1n) is 3.84. The molecule has 15 heavy (non-hydrogen) atoms. The van der Waals surface area contributed by atoms with E-state index >= 15 is 0 Å². The smallest absolute Gasteiger partial charge is 0.243 e. The van der Waals surface area contributed by atoms with Crippen molar-refractivity contribution in [1.82, 2.24) is 4.98 Å². The van der Waals surface area contributed by atoms with Gasteiger partial charge < -0.3 is 0 Å². The third kappa shape index (κ3) is 2.48. The molecule has 0 amide bonds. The lowest BCUT2D eigenvalue weighted by molar-refractivity contribution is 0.150. The number of hydrogen-bond donors (Lipinski definition) is 0. The molecule has 1 rings (SSSR count). The van der Waals surface area contributed by atoms with Crippen LogP contribution in [0.4, 0.5) is 8.78 Å². The normalized spacial score (nSPS) is 9.73. The van der Waals surface area contributed by atoms with Gasteiger partial charge >= 0.3 is 0 Å². The quantitative estimate of drug-likeness (QED) is 0.777. The SMILES string of the molecule is N#CCc1nc(Br)cc(C(F)F)c1C#N. The van der Waals surface area contributed by atoms with Crippen LogP contribution in [0.15, 0.2) is 10.7 Å². The van der Waals surface area contributed by atoms with Gasteiger partial charge in [0.15, 0.2) is 0 Å². The van der Waals surface area contributed by atoms with Crippen molar-refractivity contribution in [3.05, 3.63) is 27.5 Å². The maximum absolute atomic E-state index is 12.5. The van der Waals surface area contributed by atoms with Crippen molar-refractivity contribution in [1.29, 1.82) is 10.5 Å². The number of rotatable bonds is 2. The predicted molar refractivity (Wildman–Crippen MR) is 50.9 cm³/mol. The van der Waals surface area contributed by atoms with Crippen molar-refractivity contribution in [3.8, 4) is 12.1 Å². The molecule has 0 aliphatic rings. The fraction of sp³-hybridized carbons (Fsp3) is 0.222. The van der Waals surface area contributed by atoms with Crippen LogP contribution in [-0.2, 0) is 6.42 Å². The Bertz CT molecular complexity index is 460. The third-order valence-corrected chi connectivity index (χ3v) is 2.09. The zero-order chi connectivity index (χ0) is 11.4. The lowest BCUT2D eigenvalue weighted by Crippen LogP contribution is -2.00. The van der Waals surface area contributed by atoms with Gasteiger partial charge in [0.25, 0.3) is 6.43 Å². The molecule has 0 bridgehead atoms. The summed E-state index contributed by atoms with van der Waals surface area (Å²) < 4.78 is 25.3. The molecule has 6 heteroatoms. The van der Waals surface area contributed by atoms with E-state index in [-0.39, 0.29) is 22.3 Å². The van der Waals surface area contributed by atoms with E-state index in [0.29, 0.717) is 0 Å². The van der Waals surface area contributed by atoms with E-state index in [1.165, 1.54) is 0 Å². The molecule has 76 valence electrons. The van der Waals surface area contributed by atoms with Crippen LogP contribution in [0.5, 0.6) is 0 Å². The van der Waals surface area contributed by atoms with Gasteiger partial charge in [0, 0.05) is 5.56 Å². The van der Waals surface area contributed by atoms with E-state index in [1.807, 2.05) is 0 Å². The molecule has 0 aromatic carbocycles. The molecule has 0 N–H and O–H groups in total. The van der Waals surface area contributed by atoms with Crippen molar-refractivity contribution in [3.63, 3.8) is 0 Å². The third-order valence-electron chi connectivity index (χ3n) is 1.69. The van der Waals surface area contributed by atoms with Gasteiger partial charge in [-0.25, -0.2) is 13.8 Å². The van der Waals surface area contributed by atoms with Gasteiger partial charge in [-0.15, -0.1) is 0 Å². The Balaban J connectivity index is 3.41. The van der Waals surface area contributed by atoms with Crippen LogP contribution in [0.1, 0.15) is 23.2 Å². The summed E-state index contributed by atoms with van der Waals surface area (Å²) in [5.74, 6) is 0. The topological polar surface area (TPSA) is 60.5 Å². The van der Waals surface area contributed by atoms with Crippen LogP contribution < -0.4 is 0 Å². The zero-order valence-corrected chi connectivity index (χ0v) is 8.92. The summed E-state index contributed by atoms with van der Waals surface area (Å²) in [4.78, 5) is 3.82. The summed E-state index contributed by atoms with van der Waals surface area (Å²) in [7, 11) is 0. The number of aromatic nitrogens is 1. The molecule has 1 heterocycles. The van der Waals surface area contributed by atoms with E-state index in [2.05, 4.69) is 20.9 Å². The minimum Gasteiger partial charge on any atom is -0.243 e. The average molecular weight is 272 g/mol. The molecule has 1 aromatic heterocycles. The molecule has 3 nitrogen and oxygen atoms in total. The van der Waals surface area contributed by atoms with Crippen LogP contribution in [0.2, 0.25) is 0 Å². The Morgan fingerprint density at radius 3 is 2.60 bits per heavy atom. The van der Waals surface area contributed by atoms with Crippen LogP contribution in [0.25, 0.3) is 0 Å². The number of hydrogen-bond acceptors (Lipinski definition) is 3. The average Bonchev–Trinajstić information content (AvgIpc) is 2.17. The van der Waals surface area contributed by atoms with E-state index < -0.39 is 12.0 Å². The highest BCUT2D eigenvalue weighted by atomic mass is 79.9. The number of nitriles is 2. The van der Waals surface area contributed by atoms with Gasteiger partial charge in [-0.1, -0.05) is 0 Å². The highest BCUT2D eigenvalue weighted by Gasteiger charge is 2.18. The van der Waals surface area contributed by atoms with Crippen LogP contribution in [0, 0.1) is 22.7 Å². The molecular weight excluding hydrogens is 268 g/mol. The maximum atomic E-state index is 12.5. The van der Waals surface area contributed by atoms with Crippen molar-refractivity contribution in [2.45, 2.75) is 12.8 Å². The Morgan fingerprint density at radius 1 is 1.47 bits per heavy atom. The van der Waals surface area contributed by atoms with Crippen molar-refractivity contribution in [2.24, 2.45) is 0 Å². The van der Waals surface area contributed by atoms with E-state index in [9.17, 15) is 8.78 Å². The number of pyridine rings is 1. The summed E-state index contributed by atoms with van der Waals surface area (Å²) >= 11 is 2.95. The van der Waals surface area contributed by atoms with Gasteiger partial charge in [0.1, 0.15) is 10.7 Å². The van der Waals surface area contributed by atoms with Crippen molar-refractivity contribution < 1.29 is 8.78 Å². The number of nitrogens with zero attached hydrogens (tertiary/aromatic N) is 3. The summed E-state index contributed by atoms with van der Waals surface area (Å²) in [5, 5.41) is 17.2. The van der Waals surface area contributed by atoms with Gasteiger partial charge in [-0.2, -0.15) is 10.5 Å². The second-order valence-electron chi connectivity index (χ2n) is 2.60. The fourth-order valence-electron chi connectivity index (χ4n) is 1.09. The lowest BCUT2D eigenvalue weighted by atomic mass is 10.1. The summed E-state index contributed by atoms with van der Waals surface area (Å²) in [6.07, 6.45) is -2.92. The number of alkyl halides is 2. The first-order valence-corrected chi connectivity index (χ1v) is 4.64. The molecule has 0 saturated carbocycles. The van der Waals surface area contributed by atoms with Crippen molar-refractivity contribution >= 4 is 15.9 Å². The van der Waals surface area contributed by atoms with Crippen molar-refractivity contribution in [2.75, 3.05) is 0 Å². The maximum Gasteiger partial charge on any atom is 0.265 e. The van der Waals surface area contributed by atoms with Gasteiger partial charge in [0.2, 0.25) is 0 Å². The minimum atomic E-state index is -2.75. The molecular formula is C9H4BrF2N3. The Hall–Kier alpha value is -1.53. The standard InChI is InChI=1S/C9H4BrF2N3/c10-8-3-5(9(11)12)6(4-14)7(15-8)1-2-13/h3,9H,1H2. The lowest BCUT2D eigenvalue weighted by Gasteiger charge is -2.06. The molecule has 1 aromatic rings. The molecule has 0 radical (unpaired) electrons. The molecule has 0 unspecified atom stereocenters. The van der Waals surface area contributed by atoms with Crippen LogP contribution in [-0.4, -0.2) is 4.98 Å². The molecule has 0 aliphatic heterocycles. The molecule has 0 atom stereocenters. The van der Waals surface area contributed by atoms with Gasteiger partial charge in [0.05, 0.1) is 23.7 Å². The van der Waals surface area contributed by atoms with E-state index in [0.717, 1.165) is 6.07 Å².